The number of rotatable bonds is 5. The number of anilines is 1. The van der Waals surface area contributed by atoms with Gasteiger partial charge in [-0.2, -0.15) is 0 Å². The second-order valence-electron chi connectivity index (χ2n) is 6.85. The quantitative estimate of drug-likeness (QED) is 0.854. The van der Waals surface area contributed by atoms with Crippen LogP contribution in [0.1, 0.15) is 65.0 Å². The van der Waals surface area contributed by atoms with Crippen molar-refractivity contribution in [3.05, 3.63) is 11.9 Å². The Kier molecular flexibility index (Phi) is 4.54. The van der Waals surface area contributed by atoms with Gasteiger partial charge in [0.2, 0.25) is 5.95 Å². The first-order valence-electron chi connectivity index (χ1n) is 7.80. The Balaban J connectivity index is 2.01. The van der Waals surface area contributed by atoms with E-state index in [9.17, 15) is 0 Å². The van der Waals surface area contributed by atoms with Crippen LogP contribution in [0.25, 0.3) is 0 Å². The first-order valence-corrected chi connectivity index (χ1v) is 7.80. The molecule has 0 radical (unpaired) electrons. The van der Waals surface area contributed by atoms with Crippen molar-refractivity contribution in [3.63, 3.8) is 0 Å². The zero-order chi connectivity index (χ0) is 13.9. The van der Waals surface area contributed by atoms with Gasteiger partial charge in [-0.3, -0.25) is 0 Å². The number of aromatic nitrogens is 2. The van der Waals surface area contributed by atoms with Gasteiger partial charge in [0.05, 0.1) is 5.69 Å². The number of imidazole rings is 1. The molecule has 1 heterocycles. The fourth-order valence-corrected chi connectivity index (χ4v) is 3.16. The van der Waals surface area contributed by atoms with Gasteiger partial charge in [-0.15, -0.1) is 0 Å². The fraction of sp³-hybridized carbons (Fsp3) is 0.812. The minimum absolute atomic E-state index is 0.478. The molecule has 0 saturated heterocycles. The maximum Gasteiger partial charge on any atom is 0.203 e. The van der Waals surface area contributed by atoms with Gasteiger partial charge in [-0.25, -0.2) is 4.98 Å². The summed E-state index contributed by atoms with van der Waals surface area (Å²) in [7, 11) is 0. The number of hydrogen-bond donors (Lipinski definition) is 1. The van der Waals surface area contributed by atoms with Crippen molar-refractivity contribution >= 4 is 5.95 Å². The van der Waals surface area contributed by atoms with Crippen LogP contribution in [0.3, 0.4) is 0 Å². The van der Waals surface area contributed by atoms with Gasteiger partial charge >= 0.3 is 0 Å². The van der Waals surface area contributed by atoms with E-state index in [1.54, 1.807) is 0 Å². The molecule has 1 unspecified atom stereocenters. The Morgan fingerprint density at radius 1 is 1.47 bits per heavy atom. The number of nitrogens with zero attached hydrogens (tertiary/aromatic N) is 2. The third-order valence-electron chi connectivity index (χ3n) is 4.19. The highest BCUT2D eigenvalue weighted by Gasteiger charge is 2.28. The molecule has 1 aromatic heterocycles. The summed E-state index contributed by atoms with van der Waals surface area (Å²) in [4.78, 5) is 4.66. The molecule has 1 fully saturated rings. The molecule has 0 amide bonds. The van der Waals surface area contributed by atoms with Crippen LogP contribution < -0.4 is 5.32 Å². The highest BCUT2D eigenvalue weighted by molar-refractivity contribution is 5.30. The first kappa shape index (κ1) is 14.4. The molecule has 0 aromatic carbocycles. The van der Waals surface area contributed by atoms with E-state index < -0.39 is 0 Å². The van der Waals surface area contributed by atoms with Crippen molar-refractivity contribution < 1.29 is 0 Å². The van der Waals surface area contributed by atoms with Crippen molar-refractivity contribution in [2.75, 3.05) is 5.32 Å². The van der Waals surface area contributed by atoms with E-state index in [1.165, 1.54) is 38.5 Å². The summed E-state index contributed by atoms with van der Waals surface area (Å²) in [5, 5.41) is 3.69. The molecule has 1 aromatic rings. The summed E-state index contributed by atoms with van der Waals surface area (Å²) in [6.45, 7) is 10.2. The minimum Gasteiger partial charge on any atom is -0.353 e. The van der Waals surface area contributed by atoms with Crippen molar-refractivity contribution in [1.82, 2.24) is 9.55 Å². The normalized spacial score (nSPS) is 22.4. The molecule has 108 valence electrons. The maximum atomic E-state index is 4.66. The second kappa shape index (κ2) is 5.98. The van der Waals surface area contributed by atoms with Gasteiger partial charge in [-0.1, -0.05) is 33.6 Å². The lowest BCUT2D eigenvalue weighted by molar-refractivity contribution is 0.229. The molecule has 1 atom stereocenters. The Morgan fingerprint density at radius 2 is 2.26 bits per heavy atom. The van der Waals surface area contributed by atoms with Gasteiger partial charge in [0.25, 0.3) is 0 Å². The molecule has 1 aliphatic carbocycles. The SMILES string of the molecule is CCCCn1cc(C)nc1NC1CCCC(C)(C)C1. The first-order chi connectivity index (χ1) is 9.00. The van der Waals surface area contributed by atoms with Crippen LogP contribution in [0, 0.1) is 12.3 Å². The Bertz CT molecular complexity index is 406. The van der Waals surface area contributed by atoms with E-state index in [1.807, 2.05) is 0 Å². The number of unbranched alkanes of at least 4 members (excludes halogenated alkanes) is 1. The molecule has 3 nitrogen and oxygen atoms in total. The molecule has 1 saturated carbocycles. The van der Waals surface area contributed by atoms with Crippen LogP contribution in [0.15, 0.2) is 6.20 Å². The number of hydrogen-bond acceptors (Lipinski definition) is 2. The molecule has 1 N–H and O–H groups in total. The van der Waals surface area contributed by atoms with E-state index in [0.717, 1.165) is 18.2 Å². The second-order valence-corrected chi connectivity index (χ2v) is 6.85. The van der Waals surface area contributed by atoms with Crippen molar-refractivity contribution in [1.29, 1.82) is 0 Å². The van der Waals surface area contributed by atoms with Crippen molar-refractivity contribution in [2.24, 2.45) is 5.41 Å². The maximum absolute atomic E-state index is 4.66. The highest BCUT2D eigenvalue weighted by atomic mass is 15.2. The summed E-state index contributed by atoms with van der Waals surface area (Å²) in [5.41, 5.74) is 1.60. The Morgan fingerprint density at radius 3 is 2.95 bits per heavy atom. The van der Waals surface area contributed by atoms with Crippen molar-refractivity contribution in [2.45, 2.75) is 78.8 Å². The predicted molar refractivity (Wildman–Crippen MR) is 81.5 cm³/mol. The van der Waals surface area contributed by atoms with E-state index in [2.05, 4.69) is 48.8 Å². The molecule has 0 spiro atoms. The standard InChI is InChI=1S/C16H29N3/c1-5-6-10-19-12-13(2)17-15(19)18-14-8-7-9-16(3,4)11-14/h12,14H,5-11H2,1-4H3,(H,17,18). The van der Waals surface area contributed by atoms with Gasteiger partial charge in [0, 0.05) is 18.8 Å². The number of nitrogens with one attached hydrogen (secondary N) is 1. The van der Waals surface area contributed by atoms with Gasteiger partial charge in [-0.05, 0) is 38.0 Å². The van der Waals surface area contributed by atoms with Crippen LogP contribution in [-0.4, -0.2) is 15.6 Å². The predicted octanol–water partition coefficient (Wildman–Crippen LogP) is 4.37. The van der Waals surface area contributed by atoms with Crippen molar-refractivity contribution in [3.8, 4) is 0 Å². The lowest BCUT2D eigenvalue weighted by Gasteiger charge is -2.35. The lowest BCUT2D eigenvalue weighted by Crippen LogP contribution is -2.32. The summed E-state index contributed by atoms with van der Waals surface area (Å²) < 4.78 is 2.29. The molecular formula is C16H29N3. The monoisotopic (exact) mass is 263 g/mol. The molecular weight excluding hydrogens is 234 g/mol. The third-order valence-corrected chi connectivity index (χ3v) is 4.19. The molecule has 2 rings (SSSR count). The number of aryl methyl sites for hydroxylation is 2. The van der Waals surface area contributed by atoms with Gasteiger partial charge in [0.15, 0.2) is 0 Å². The fourth-order valence-electron chi connectivity index (χ4n) is 3.16. The Labute approximate surface area is 117 Å². The average molecular weight is 263 g/mol. The topological polar surface area (TPSA) is 29.9 Å². The highest BCUT2D eigenvalue weighted by Crippen LogP contribution is 2.36. The minimum atomic E-state index is 0.478. The molecule has 3 heteroatoms. The van der Waals surface area contributed by atoms with E-state index >= 15 is 0 Å². The molecule has 19 heavy (non-hydrogen) atoms. The molecule has 0 bridgehead atoms. The largest absolute Gasteiger partial charge is 0.353 e. The zero-order valence-electron chi connectivity index (χ0n) is 13.0. The Hall–Kier alpha value is -0.990. The van der Waals surface area contributed by atoms with Crippen LogP contribution in [-0.2, 0) is 6.54 Å². The van der Waals surface area contributed by atoms with Crippen LogP contribution in [0.5, 0.6) is 0 Å². The lowest BCUT2D eigenvalue weighted by atomic mass is 9.75. The summed E-state index contributed by atoms with van der Waals surface area (Å²) in [6, 6.07) is 0.589. The zero-order valence-corrected chi connectivity index (χ0v) is 13.0. The van der Waals surface area contributed by atoms with Crippen LogP contribution in [0.4, 0.5) is 5.95 Å². The third kappa shape index (κ3) is 3.99. The summed E-state index contributed by atoms with van der Waals surface area (Å²) >= 11 is 0. The average Bonchev–Trinajstić information content (AvgIpc) is 2.65. The van der Waals surface area contributed by atoms with Gasteiger partial charge in [0.1, 0.15) is 0 Å². The van der Waals surface area contributed by atoms with E-state index in [4.69, 9.17) is 0 Å². The molecule has 1 aliphatic rings. The summed E-state index contributed by atoms with van der Waals surface area (Å²) in [5.74, 6) is 1.08. The summed E-state index contributed by atoms with van der Waals surface area (Å²) in [6.07, 6.45) is 9.85. The smallest absolute Gasteiger partial charge is 0.203 e. The van der Waals surface area contributed by atoms with E-state index in [-0.39, 0.29) is 0 Å². The van der Waals surface area contributed by atoms with Crippen LogP contribution >= 0.6 is 0 Å². The molecule has 0 aliphatic heterocycles. The van der Waals surface area contributed by atoms with Gasteiger partial charge < -0.3 is 9.88 Å². The van der Waals surface area contributed by atoms with Crippen LogP contribution in [0.2, 0.25) is 0 Å². The van der Waals surface area contributed by atoms with E-state index in [0.29, 0.717) is 11.5 Å².